The van der Waals surface area contributed by atoms with E-state index in [4.69, 9.17) is 9.47 Å². The lowest BCUT2D eigenvalue weighted by Crippen LogP contribution is -2.20. The van der Waals surface area contributed by atoms with Crippen LogP contribution in [0.25, 0.3) is 0 Å². The molecule has 0 aliphatic rings. The zero-order valence-corrected chi connectivity index (χ0v) is 12.1. The van der Waals surface area contributed by atoms with Crippen molar-refractivity contribution in [2.45, 2.75) is 13.3 Å². The Hall–Kier alpha value is -1.40. The first-order chi connectivity index (χ1) is 9.22. The van der Waals surface area contributed by atoms with Crippen LogP contribution in [0.5, 0.6) is 5.88 Å². The molecule has 6 heteroatoms. The number of hydrogen-bond acceptors (Lipinski definition) is 6. The van der Waals surface area contributed by atoms with Gasteiger partial charge in [0, 0.05) is 25.4 Å². The van der Waals surface area contributed by atoms with E-state index in [-0.39, 0.29) is 0 Å². The van der Waals surface area contributed by atoms with Crippen LogP contribution in [0.4, 0.5) is 5.95 Å². The molecule has 1 aromatic heterocycles. The van der Waals surface area contributed by atoms with Crippen LogP contribution in [0.2, 0.25) is 0 Å². The third-order valence-electron chi connectivity index (χ3n) is 2.30. The average Bonchev–Trinajstić information content (AvgIpc) is 2.40. The van der Waals surface area contributed by atoms with Gasteiger partial charge in [-0.15, -0.1) is 0 Å². The first-order valence-electron chi connectivity index (χ1n) is 6.64. The molecule has 1 aromatic rings. The normalized spacial score (nSPS) is 10.7. The van der Waals surface area contributed by atoms with E-state index >= 15 is 0 Å². The van der Waals surface area contributed by atoms with E-state index in [1.165, 1.54) is 0 Å². The number of aromatic nitrogens is 2. The second kappa shape index (κ2) is 9.52. The van der Waals surface area contributed by atoms with Gasteiger partial charge in [0.05, 0.1) is 19.8 Å². The predicted octanol–water partition coefficient (Wildman–Crippen LogP) is 1.26. The van der Waals surface area contributed by atoms with E-state index < -0.39 is 0 Å². The SMILES string of the molecule is CCCOc1ccnc(NCCOCCN(C)C)n1. The Morgan fingerprint density at radius 2 is 2.11 bits per heavy atom. The maximum Gasteiger partial charge on any atom is 0.226 e. The van der Waals surface area contributed by atoms with Gasteiger partial charge in [0.25, 0.3) is 0 Å². The van der Waals surface area contributed by atoms with Crippen molar-refractivity contribution in [3.05, 3.63) is 12.3 Å². The second-order valence-corrected chi connectivity index (χ2v) is 4.41. The van der Waals surface area contributed by atoms with Crippen molar-refractivity contribution in [3.63, 3.8) is 0 Å². The van der Waals surface area contributed by atoms with Crippen LogP contribution in [0.3, 0.4) is 0 Å². The summed E-state index contributed by atoms with van der Waals surface area (Å²) in [5.74, 6) is 1.18. The largest absolute Gasteiger partial charge is 0.478 e. The minimum Gasteiger partial charge on any atom is -0.478 e. The summed E-state index contributed by atoms with van der Waals surface area (Å²) in [5.41, 5.74) is 0. The quantitative estimate of drug-likeness (QED) is 0.645. The molecule has 0 saturated carbocycles. The summed E-state index contributed by atoms with van der Waals surface area (Å²) in [7, 11) is 4.05. The zero-order chi connectivity index (χ0) is 13.9. The third-order valence-corrected chi connectivity index (χ3v) is 2.30. The number of hydrogen-bond donors (Lipinski definition) is 1. The molecule has 0 aliphatic carbocycles. The Labute approximate surface area is 115 Å². The van der Waals surface area contributed by atoms with E-state index in [1.807, 2.05) is 14.1 Å². The van der Waals surface area contributed by atoms with E-state index in [0.29, 0.717) is 31.6 Å². The molecule has 0 radical (unpaired) electrons. The molecule has 1 heterocycles. The summed E-state index contributed by atoms with van der Waals surface area (Å²) in [5, 5.41) is 3.11. The maximum atomic E-state index is 5.47. The monoisotopic (exact) mass is 268 g/mol. The zero-order valence-electron chi connectivity index (χ0n) is 12.1. The van der Waals surface area contributed by atoms with E-state index in [0.717, 1.165) is 19.6 Å². The number of likely N-dealkylation sites (N-methyl/N-ethyl adjacent to an activating group) is 1. The molecule has 0 aromatic carbocycles. The number of anilines is 1. The van der Waals surface area contributed by atoms with Gasteiger partial charge >= 0.3 is 0 Å². The molecule has 19 heavy (non-hydrogen) atoms. The molecule has 0 bridgehead atoms. The first-order valence-corrected chi connectivity index (χ1v) is 6.64. The Bertz CT molecular complexity index is 347. The lowest BCUT2D eigenvalue weighted by molar-refractivity contribution is 0.126. The fourth-order valence-corrected chi connectivity index (χ4v) is 1.30. The van der Waals surface area contributed by atoms with E-state index in [1.54, 1.807) is 12.3 Å². The molecule has 0 saturated heterocycles. The van der Waals surface area contributed by atoms with Gasteiger partial charge in [0.1, 0.15) is 0 Å². The maximum absolute atomic E-state index is 5.47. The van der Waals surface area contributed by atoms with Crippen LogP contribution >= 0.6 is 0 Å². The Morgan fingerprint density at radius 3 is 2.84 bits per heavy atom. The van der Waals surface area contributed by atoms with Gasteiger partial charge in [0.15, 0.2) is 0 Å². The number of rotatable bonds is 10. The van der Waals surface area contributed by atoms with Crippen molar-refractivity contribution < 1.29 is 9.47 Å². The first kappa shape index (κ1) is 15.7. The standard InChI is InChI=1S/C13H24N4O2/c1-4-9-19-12-5-6-14-13(16-12)15-7-10-18-11-8-17(2)3/h5-6H,4,7-11H2,1-3H3,(H,14,15,16). The highest BCUT2D eigenvalue weighted by atomic mass is 16.5. The summed E-state index contributed by atoms with van der Waals surface area (Å²) >= 11 is 0. The highest BCUT2D eigenvalue weighted by molar-refractivity contribution is 5.27. The molecule has 108 valence electrons. The van der Waals surface area contributed by atoms with Crippen molar-refractivity contribution in [3.8, 4) is 5.88 Å². The number of nitrogens with one attached hydrogen (secondary N) is 1. The molecule has 6 nitrogen and oxygen atoms in total. The topological polar surface area (TPSA) is 59.5 Å². The molecular formula is C13H24N4O2. The van der Waals surface area contributed by atoms with Gasteiger partial charge in [-0.1, -0.05) is 6.92 Å². The van der Waals surface area contributed by atoms with Crippen molar-refractivity contribution >= 4 is 5.95 Å². The van der Waals surface area contributed by atoms with Crippen LogP contribution in [-0.4, -0.2) is 61.9 Å². The molecule has 0 amide bonds. The van der Waals surface area contributed by atoms with Crippen LogP contribution in [0.1, 0.15) is 13.3 Å². The van der Waals surface area contributed by atoms with Crippen LogP contribution in [0.15, 0.2) is 12.3 Å². The van der Waals surface area contributed by atoms with Gasteiger partial charge in [-0.3, -0.25) is 0 Å². The van der Waals surface area contributed by atoms with Crippen LogP contribution in [-0.2, 0) is 4.74 Å². The lowest BCUT2D eigenvalue weighted by atomic mass is 10.5. The fourth-order valence-electron chi connectivity index (χ4n) is 1.30. The third kappa shape index (κ3) is 7.58. The smallest absolute Gasteiger partial charge is 0.226 e. The molecule has 0 aliphatic heterocycles. The van der Waals surface area contributed by atoms with Gasteiger partial charge in [-0.25, -0.2) is 4.98 Å². The van der Waals surface area contributed by atoms with Gasteiger partial charge in [-0.2, -0.15) is 4.98 Å². The number of ether oxygens (including phenoxy) is 2. The van der Waals surface area contributed by atoms with Crippen molar-refractivity contribution in [1.29, 1.82) is 0 Å². The van der Waals surface area contributed by atoms with E-state index in [2.05, 4.69) is 27.1 Å². The van der Waals surface area contributed by atoms with Crippen LogP contribution in [0, 0.1) is 0 Å². The average molecular weight is 268 g/mol. The molecule has 0 fully saturated rings. The summed E-state index contributed by atoms with van der Waals surface area (Å²) < 4.78 is 10.9. The molecule has 1 N–H and O–H groups in total. The van der Waals surface area contributed by atoms with Gasteiger partial charge < -0.3 is 19.7 Å². The lowest BCUT2D eigenvalue weighted by Gasteiger charge is -2.10. The van der Waals surface area contributed by atoms with Crippen molar-refractivity contribution in [2.24, 2.45) is 0 Å². The highest BCUT2D eigenvalue weighted by Gasteiger charge is 1.99. The van der Waals surface area contributed by atoms with E-state index in [9.17, 15) is 0 Å². The van der Waals surface area contributed by atoms with Crippen LogP contribution < -0.4 is 10.1 Å². The summed E-state index contributed by atoms with van der Waals surface area (Å²) in [6.45, 7) is 5.71. The summed E-state index contributed by atoms with van der Waals surface area (Å²) in [6, 6.07) is 1.76. The second-order valence-electron chi connectivity index (χ2n) is 4.41. The minimum absolute atomic E-state index is 0.574. The Kier molecular flexibility index (Phi) is 7.84. The Balaban J connectivity index is 2.18. The van der Waals surface area contributed by atoms with Gasteiger partial charge in [0.2, 0.25) is 11.8 Å². The van der Waals surface area contributed by atoms with Crippen molar-refractivity contribution in [1.82, 2.24) is 14.9 Å². The van der Waals surface area contributed by atoms with Crippen molar-refractivity contribution in [2.75, 3.05) is 52.3 Å². The summed E-state index contributed by atoms with van der Waals surface area (Å²) in [4.78, 5) is 10.5. The molecule has 0 spiro atoms. The molecular weight excluding hydrogens is 244 g/mol. The number of nitrogens with zero attached hydrogens (tertiary/aromatic N) is 3. The van der Waals surface area contributed by atoms with Gasteiger partial charge in [-0.05, 0) is 20.5 Å². The molecule has 1 rings (SSSR count). The highest BCUT2D eigenvalue weighted by Crippen LogP contribution is 2.08. The molecule has 0 unspecified atom stereocenters. The Morgan fingerprint density at radius 1 is 1.26 bits per heavy atom. The minimum atomic E-state index is 0.574. The summed E-state index contributed by atoms with van der Waals surface area (Å²) in [6.07, 6.45) is 2.65. The molecule has 0 atom stereocenters. The predicted molar refractivity (Wildman–Crippen MR) is 75.7 cm³/mol. The fraction of sp³-hybridized carbons (Fsp3) is 0.692.